The van der Waals surface area contributed by atoms with Crippen molar-refractivity contribution >= 4 is 17.2 Å². The number of carbonyl (C=O) groups excluding carboxylic acids is 1. The number of nitrogens with one attached hydrogen (secondary N) is 1. The molecule has 0 saturated heterocycles. The molecule has 1 atom stereocenters. The van der Waals surface area contributed by atoms with Crippen LogP contribution in [-0.2, 0) is 11.2 Å². The number of nitrogens with zero attached hydrogens (tertiary/aromatic N) is 1. The van der Waals surface area contributed by atoms with E-state index in [0.29, 0.717) is 18.9 Å². The van der Waals surface area contributed by atoms with Gasteiger partial charge in [-0.2, -0.15) is 0 Å². The summed E-state index contributed by atoms with van der Waals surface area (Å²) in [4.78, 5) is 16.9. The number of carbonyl (C=O) groups is 1. The molecule has 1 rings (SSSR count). The van der Waals surface area contributed by atoms with Crippen LogP contribution >= 0.6 is 11.3 Å². The molecule has 1 unspecified atom stereocenters. The van der Waals surface area contributed by atoms with Gasteiger partial charge in [-0.15, -0.1) is 11.3 Å². The first-order valence-corrected chi connectivity index (χ1v) is 6.20. The third kappa shape index (κ3) is 3.63. The van der Waals surface area contributed by atoms with Gasteiger partial charge in [0.15, 0.2) is 0 Å². The highest BCUT2D eigenvalue weighted by molar-refractivity contribution is 7.11. The summed E-state index contributed by atoms with van der Waals surface area (Å²) in [5.41, 5.74) is 0. The van der Waals surface area contributed by atoms with Crippen molar-refractivity contribution in [1.82, 2.24) is 10.3 Å². The Balaban J connectivity index is 0.00000225. The molecule has 1 N–H and O–H groups in total. The first-order chi connectivity index (χ1) is 7.17. The van der Waals surface area contributed by atoms with Gasteiger partial charge < -0.3 is 5.32 Å². The molecule has 1 aromatic rings. The second kappa shape index (κ2) is 5.85. The van der Waals surface area contributed by atoms with E-state index >= 15 is 0 Å². The molecule has 1 heterocycles. The van der Waals surface area contributed by atoms with Crippen molar-refractivity contribution in [1.29, 1.82) is 0 Å². The highest BCUT2D eigenvalue weighted by Crippen LogP contribution is 2.24. The summed E-state index contributed by atoms with van der Waals surface area (Å²) >= 11 is 1.65. The number of rotatable bonds is 5. The van der Waals surface area contributed by atoms with Gasteiger partial charge in [0.2, 0.25) is 5.91 Å². The lowest BCUT2D eigenvalue weighted by Crippen LogP contribution is -2.24. The van der Waals surface area contributed by atoms with Gasteiger partial charge in [0.05, 0.1) is 6.42 Å². The summed E-state index contributed by atoms with van der Waals surface area (Å²) in [5, 5.41) is 3.69. The fourth-order valence-corrected chi connectivity index (χ4v) is 2.29. The quantitative estimate of drug-likeness (QED) is 0.841. The number of amides is 1. The number of thiazole rings is 1. The average Bonchev–Trinajstić information content (AvgIpc) is 2.65. The van der Waals surface area contributed by atoms with E-state index in [1.807, 2.05) is 13.1 Å². The van der Waals surface area contributed by atoms with Crippen LogP contribution in [-0.4, -0.2) is 17.4 Å². The van der Waals surface area contributed by atoms with E-state index in [2.05, 4.69) is 24.1 Å². The topological polar surface area (TPSA) is 42.0 Å². The molecule has 0 bridgehead atoms. The van der Waals surface area contributed by atoms with Gasteiger partial charge in [0.1, 0.15) is 5.01 Å². The van der Waals surface area contributed by atoms with Crippen LogP contribution in [0.4, 0.5) is 0 Å². The Bertz CT molecular complexity index is 328. The molecule has 1 aromatic heterocycles. The van der Waals surface area contributed by atoms with E-state index in [9.17, 15) is 4.79 Å². The van der Waals surface area contributed by atoms with Gasteiger partial charge in [-0.3, -0.25) is 4.79 Å². The molecule has 15 heavy (non-hydrogen) atoms. The summed E-state index contributed by atoms with van der Waals surface area (Å²) < 4.78 is 0. The van der Waals surface area contributed by atoms with Crippen molar-refractivity contribution < 1.29 is 6.22 Å². The summed E-state index contributed by atoms with van der Waals surface area (Å²) in [5.74, 6) is 0.605. The third-order valence-electron chi connectivity index (χ3n) is 2.36. The lowest BCUT2D eigenvalue weighted by Gasteiger charge is -2.02. The maximum Gasteiger partial charge on any atom is 0.226 e. The van der Waals surface area contributed by atoms with E-state index in [-0.39, 0.29) is 7.33 Å². The molecule has 0 aliphatic rings. The van der Waals surface area contributed by atoms with Crippen molar-refractivity contribution in [3.63, 3.8) is 0 Å². The Kier molecular flexibility index (Phi) is 4.75. The van der Waals surface area contributed by atoms with Crippen LogP contribution in [0.3, 0.4) is 0 Å². The van der Waals surface area contributed by atoms with Crippen LogP contribution in [0.25, 0.3) is 0 Å². The zero-order valence-electron chi connectivity index (χ0n) is 9.54. The van der Waals surface area contributed by atoms with Crippen LogP contribution < -0.4 is 5.32 Å². The van der Waals surface area contributed by atoms with Crippen molar-refractivity contribution in [3.8, 4) is 0 Å². The van der Waals surface area contributed by atoms with Gasteiger partial charge in [0.25, 0.3) is 0 Å². The minimum absolute atomic E-state index is 0. The van der Waals surface area contributed by atoms with E-state index in [4.69, 9.17) is 0 Å². The highest BCUT2D eigenvalue weighted by atomic mass is 32.1. The maximum absolute atomic E-state index is 11.3. The van der Waals surface area contributed by atoms with Crippen molar-refractivity contribution in [2.75, 3.05) is 6.54 Å². The van der Waals surface area contributed by atoms with Crippen LogP contribution in [0.15, 0.2) is 6.20 Å². The molecule has 1 amide bonds. The number of likely N-dealkylation sites (N-methyl/N-ethyl adjacent to an activating group) is 1. The predicted molar refractivity (Wildman–Crippen MR) is 65.3 cm³/mol. The zero-order chi connectivity index (χ0) is 11.3. The minimum Gasteiger partial charge on any atom is -0.356 e. The van der Waals surface area contributed by atoms with Crippen LogP contribution in [0.5, 0.6) is 0 Å². The Morgan fingerprint density at radius 1 is 1.67 bits per heavy atom. The predicted octanol–water partition coefficient (Wildman–Crippen LogP) is 2.58. The fourth-order valence-electron chi connectivity index (χ4n) is 1.23. The maximum atomic E-state index is 11.3. The van der Waals surface area contributed by atoms with E-state index in [1.165, 1.54) is 4.88 Å². The van der Waals surface area contributed by atoms with Crippen molar-refractivity contribution in [2.45, 2.75) is 39.5 Å². The van der Waals surface area contributed by atoms with E-state index in [0.717, 1.165) is 11.4 Å². The minimum atomic E-state index is 0. The lowest BCUT2D eigenvalue weighted by molar-refractivity contribution is -0.120. The first-order valence-electron chi connectivity index (χ1n) is 5.38. The molecule has 3 nitrogen and oxygen atoms in total. The Labute approximate surface area is 96.4 Å². The van der Waals surface area contributed by atoms with Crippen molar-refractivity contribution in [2.24, 2.45) is 0 Å². The lowest BCUT2D eigenvalue weighted by atomic mass is 10.1. The van der Waals surface area contributed by atoms with E-state index < -0.39 is 0 Å². The Morgan fingerprint density at radius 2 is 2.40 bits per heavy atom. The van der Waals surface area contributed by atoms with Crippen molar-refractivity contribution in [3.05, 3.63) is 16.1 Å². The van der Waals surface area contributed by atoms with Gasteiger partial charge in [-0.05, 0) is 19.3 Å². The molecule has 4 heteroatoms. The Morgan fingerprint density at radius 3 is 3.00 bits per heavy atom. The molecule has 0 radical (unpaired) electrons. The summed E-state index contributed by atoms with van der Waals surface area (Å²) in [6.45, 7) is 6.95. The Hall–Kier alpha value is -0.900. The molecule has 0 fully saturated rings. The molecule has 0 aromatic carbocycles. The fraction of sp³-hybridized carbons (Fsp3) is 0.636. The van der Waals surface area contributed by atoms with Gasteiger partial charge in [-0.1, -0.05) is 13.8 Å². The van der Waals surface area contributed by atoms with Gasteiger partial charge in [-0.25, -0.2) is 4.98 Å². The smallest absolute Gasteiger partial charge is 0.226 e. The molecule has 0 spiro atoms. The highest BCUT2D eigenvalue weighted by Gasteiger charge is 2.10. The van der Waals surface area contributed by atoms with Gasteiger partial charge >= 0.3 is 0 Å². The number of aromatic nitrogens is 1. The molecular weight excluding hydrogens is 208 g/mol. The summed E-state index contributed by atoms with van der Waals surface area (Å²) in [7, 11) is 0. The average molecular weight is 228 g/mol. The SMILES string of the molecule is CCNC(=O)Cc1ncc(C(C)CC)s1.[HH]. The summed E-state index contributed by atoms with van der Waals surface area (Å²) in [6, 6.07) is 0. The monoisotopic (exact) mass is 228 g/mol. The summed E-state index contributed by atoms with van der Waals surface area (Å²) in [6.07, 6.45) is 3.42. The zero-order valence-corrected chi connectivity index (χ0v) is 10.4. The number of hydrogen-bond donors (Lipinski definition) is 1. The molecule has 0 saturated carbocycles. The van der Waals surface area contributed by atoms with Crippen LogP contribution in [0.2, 0.25) is 0 Å². The second-order valence-electron chi connectivity index (χ2n) is 3.60. The second-order valence-corrected chi connectivity index (χ2v) is 4.74. The molecule has 0 aliphatic heterocycles. The molecule has 0 aliphatic carbocycles. The third-order valence-corrected chi connectivity index (χ3v) is 3.58. The normalized spacial score (nSPS) is 12.5. The van der Waals surface area contributed by atoms with Crippen LogP contribution in [0, 0.1) is 0 Å². The first kappa shape index (κ1) is 12.2. The number of hydrogen-bond acceptors (Lipinski definition) is 3. The van der Waals surface area contributed by atoms with Gasteiger partial charge in [0, 0.05) is 19.0 Å². The molecular formula is C11H20N2OS. The van der Waals surface area contributed by atoms with Crippen LogP contribution in [0.1, 0.15) is 44.4 Å². The largest absolute Gasteiger partial charge is 0.356 e. The molecule has 86 valence electrons. The standard InChI is InChI=1S/C11H18N2OS.H2/c1-4-8(3)9-7-13-11(15-9)6-10(14)12-5-2;/h7-8H,4-6H2,1-3H3,(H,12,14);1H. The van der Waals surface area contributed by atoms with E-state index in [1.54, 1.807) is 11.3 Å².